The second kappa shape index (κ2) is 5.15. The lowest BCUT2D eigenvalue weighted by Gasteiger charge is -2.00. The van der Waals surface area contributed by atoms with Crippen LogP contribution in [0.15, 0.2) is 47.0 Å². The number of halogens is 2. The Labute approximate surface area is 125 Å². The summed E-state index contributed by atoms with van der Waals surface area (Å²) >= 11 is 12.2. The highest BCUT2D eigenvalue weighted by atomic mass is 35.5. The van der Waals surface area contributed by atoms with Gasteiger partial charge in [0.1, 0.15) is 0 Å². The number of hydrogen-bond acceptors (Lipinski definition) is 4. The molecule has 20 heavy (non-hydrogen) atoms. The van der Waals surface area contributed by atoms with Crippen molar-refractivity contribution >= 4 is 28.9 Å². The van der Waals surface area contributed by atoms with Gasteiger partial charge in [-0.3, -0.25) is 0 Å². The highest BCUT2D eigenvalue weighted by Crippen LogP contribution is 2.33. The summed E-state index contributed by atoms with van der Waals surface area (Å²) in [6.07, 6.45) is 0. The number of nitrogens with two attached hydrogens (primary N) is 1. The smallest absolute Gasteiger partial charge is 0.258 e. The van der Waals surface area contributed by atoms with Gasteiger partial charge in [0.15, 0.2) is 0 Å². The third-order valence-corrected chi connectivity index (χ3v) is 3.40. The molecule has 4 nitrogen and oxygen atoms in total. The number of anilines is 1. The molecule has 1 aromatic heterocycles. The average molecular weight is 306 g/mol. The van der Waals surface area contributed by atoms with Gasteiger partial charge in [0, 0.05) is 11.3 Å². The Morgan fingerprint density at radius 1 is 0.950 bits per heavy atom. The molecule has 3 rings (SSSR count). The van der Waals surface area contributed by atoms with Gasteiger partial charge in [-0.2, -0.15) is 4.98 Å². The zero-order chi connectivity index (χ0) is 14.1. The summed E-state index contributed by atoms with van der Waals surface area (Å²) in [5, 5.41) is 4.87. The molecule has 0 aliphatic carbocycles. The van der Waals surface area contributed by atoms with Gasteiger partial charge in [0.2, 0.25) is 5.82 Å². The first-order chi connectivity index (χ1) is 9.65. The van der Waals surface area contributed by atoms with Crippen LogP contribution >= 0.6 is 23.2 Å². The van der Waals surface area contributed by atoms with E-state index in [1.54, 1.807) is 42.5 Å². The lowest BCUT2D eigenvalue weighted by Crippen LogP contribution is -1.85. The Morgan fingerprint density at radius 3 is 2.25 bits per heavy atom. The van der Waals surface area contributed by atoms with Crippen molar-refractivity contribution in [1.29, 1.82) is 0 Å². The Hall–Kier alpha value is -2.04. The molecule has 0 bridgehead atoms. The second-order valence-electron chi connectivity index (χ2n) is 4.14. The van der Waals surface area contributed by atoms with E-state index in [2.05, 4.69) is 10.1 Å². The first kappa shape index (κ1) is 13.0. The van der Waals surface area contributed by atoms with Crippen molar-refractivity contribution in [2.24, 2.45) is 0 Å². The average Bonchev–Trinajstić information content (AvgIpc) is 2.89. The molecule has 0 saturated carbocycles. The number of benzene rings is 2. The fourth-order valence-electron chi connectivity index (χ4n) is 1.78. The van der Waals surface area contributed by atoms with Crippen LogP contribution in [-0.4, -0.2) is 10.1 Å². The van der Waals surface area contributed by atoms with E-state index in [9.17, 15) is 0 Å². The lowest BCUT2D eigenvalue weighted by molar-refractivity contribution is 0.432. The molecule has 0 fully saturated rings. The van der Waals surface area contributed by atoms with Crippen LogP contribution in [0.2, 0.25) is 10.0 Å². The van der Waals surface area contributed by atoms with E-state index in [4.69, 9.17) is 33.5 Å². The van der Waals surface area contributed by atoms with Crippen molar-refractivity contribution in [3.05, 3.63) is 52.5 Å². The number of aromatic nitrogens is 2. The highest BCUT2D eigenvalue weighted by Gasteiger charge is 2.15. The van der Waals surface area contributed by atoms with Crippen LogP contribution < -0.4 is 5.73 Å². The van der Waals surface area contributed by atoms with Gasteiger partial charge in [-0.1, -0.05) is 34.4 Å². The molecule has 0 atom stereocenters. The molecule has 2 N–H and O–H groups in total. The minimum Gasteiger partial charge on any atom is -0.399 e. The maximum absolute atomic E-state index is 6.12. The minimum absolute atomic E-state index is 0.354. The topological polar surface area (TPSA) is 64.9 Å². The number of rotatable bonds is 2. The van der Waals surface area contributed by atoms with Crippen molar-refractivity contribution in [3.8, 4) is 22.8 Å². The zero-order valence-corrected chi connectivity index (χ0v) is 11.7. The van der Waals surface area contributed by atoms with Gasteiger partial charge >= 0.3 is 0 Å². The molecule has 100 valence electrons. The van der Waals surface area contributed by atoms with Gasteiger partial charge in [0.05, 0.1) is 15.6 Å². The van der Waals surface area contributed by atoms with Crippen LogP contribution in [0.5, 0.6) is 0 Å². The van der Waals surface area contributed by atoms with E-state index >= 15 is 0 Å². The summed E-state index contributed by atoms with van der Waals surface area (Å²) in [5.74, 6) is 0.739. The predicted molar refractivity (Wildman–Crippen MR) is 79.6 cm³/mol. The van der Waals surface area contributed by atoms with E-state index in [1.165, 1.54) is 0 Å². The number of nitrogen functional groups attached to an aromatic ring is 1. The van der Waals surface area contributed by atoms with E-state index in [1.807, 2.05) is 0 Å². The minimum atomic E-state index is 0.354. The molecule has 0 aliphatic rings. The first-order valence-corrected chi connectivity index (χ1v) is 6.55. The molecular weight excluding hydrogens is 297 g/mol. The highest BCUT2D eigenvalue weighted by molar-refractivity contribution is 6.38. The predicted octanol–water partition coefficient (Wildman–Crippen LogP) is 4.29. The number of nitrogens with zero attached hydrogens (tertiary/aromatic N) is 2. The molecule has 0 aliphatic heterocycles. The van der Waals surface area contributed by atoms with Crippen LogP contribution in [0, 0.1) is 0 Å². The van der Waals surface area contributed by atoms with E-state index in [0.29, 0.717) is 33.0 Å². The molecule has 0 radical (unpaired) electrons. The van der Waals surface area contributed by atoms with Crippen LogP contribution in [0.3, 0.4) is 0 Å². The number of hydrogen-bond donors (Lipinski definition) is 1. The zero-order valence-electron chi connectivity index (χ0n) is 10.2. The molecular formula is C14H9Cl2N3O. The normalized spacial score (nSPS) is 10.7. The van der Waals surface area contributed by atoms with Gasteiger partial charge in [-0.25, -0.2) is 0 Å². The molecule has 0 saturated heterocycles. The fourth-order valence-corrected chi connectivity index (χ4v) is 2.35. The van der Waals surface area contributed by atoms with Crippen LogP contribution in [0.25, 0.3) is 22.8 Å². The van der Waals surface area contributed by atoms with Crippen molar-refractivity contribution in [2.75, 3.05) is 5.73 Å². The summed E-state index contributed by atoms with van der Waals surface area (Å²) in [7, 11) is 0. The third kappa shape index (κ3) is 2.35. The Bertz CT molecular complexity index is 733. The van der Waals surface area contributed by atoms with Crippen molar-refractivity contribution in [1.82, 2.24) is 10.1 Å². The molecule has 0 amide bonds. The van der Waals surface area contributed by atoms with Crippen molar-refractivity contribution < 1.29 is 4.52 Å². The van der Waals surface area contributed by atoms with Crippen molar-refractivity contribution in [3.63, 3.8) is 0 Å². The van der Waals surface area contributed by atoms with Gasteiger partial charge in [-0.05, 0) is 36.4 Å². The fraction of sp³-hybridized carbons (Fsp3) is 0. The van der Waals surface area contributed by atoms with Crippen molar-refractivity contribution in [2.45, 2.75) is 0 Å². The monoisotopic (exact) mass is 305 g/mol. The largest absolute Gasteiger partial charge is 0.399 e. The molecule has 0 spiro atoms. The van der Waals surface area contributed by atoms with Crippen LogP contribution in [0.1, 0.15) is 0 Å². The van der Waals surface area contributed by atoms with Crippen LogP contribution in [0.4, 0.5) is 5.69 Å². The Morgan fingerprint density at radius 2 is 1.60 bits per heavy atom. The standard InChI is InChI=1S/C14H9Cl2N3O/c15-10-2-1-3-11(16)12(10)13-18-14(20-19-13)8-4-6-9(17)7-5-8/h1-7H,17H2. The summed E-state index contributed by atoms with van der Waals surface area (Å²) in [6.45, 7) is 0. The second-order valence-corrected chi connectivity index (χ2v) is 4.96. The van der Waals surface area contributed by atoms with Crippen LogP contribution in [-0.2, 0) is 0 Å². The lowest BCUT2D eigenvalue weighted by atomic mass is 10.2. The summed E-state index contributed by atoms with van der Waals surface area (Å²) in [6, 6.07) is 12.4. The molecule has 0 unspecified atom stereocenters. The van der Waals surface area contributed by atoms with Gasteiger partial charge in [0.25, 0.3) is 5.89 Å². The first-order valence-electron chi connectivity index (χ1n) is 5.79. The Balaban J connectivity index is 2.04. The van der Waals surface area contributed by atoms with E-state index in [0.717, 1.165) is 5.56 Å². The van der Waals surface area contributed by atoms with Gasteiger partial charge in [-0.15, -0.1) is 0 Å². The van der Waals surface area contributed by atoms with Gasteiger partial charge < -0.3 is 10.3 Å². The molecule has 1 heterocycles. The van der Waals surface area contributed by atoms with E-state index < -0.39 is 0 Å². The SMILES string of the molecule is Nc1ccc(-c2nc(-c3c(Cl)cccc3Cl)no2)cc1. The quantitative estimate of drug-likeness (QED) is 0.717. The van der Waals surface area contributed by atoms with E-state index in [-0.39, 0.29) is 0 Å². The third-order valence-electron chi connectivity index (χ3n) is 2.77. The summed E-state index contributed by atoms with van der Waals surface area (Å²) in [4.78, 5) is 4.31. The Kier molecular flexibility index (Phi) is 3.34. The summed E-state index contributed by atoms with van der Waals surface area (Å²) in [5.41, 5.74) is 7.64. The summed E-state index contributed by atoms with van der Waals surface area (Å²) < 4.78 is 5.24. The molecule has 6 heteroatoms. The molecule has 2 aromatic carbocycles. The maximum atomic E-state index is 6.12. The maximum Gasteiger partial charge on any atom is 0.258 e. The molecule has 3 aromatic rings.